The Morgan fingerprint density at radius 1 is 1.53 bits per heavy atom. The van der Waals surface area contributed by atoms with Crippen molar-refractivity contribution in [2.75, 3.05) is 13.1 Å². The fourth-order valence-corrected chi connectivity index (χ4v) is 3.09. The number of rotatable bonds is 2. The van der Waals surface area contributed by atoms with Crippen LogP contribution in [0.15, 0.2) is 0 Å². The van der Waals surface area contributed by atoms with E-state index in [0.717, 1.165) is 29.0 Å². The lowest BCUT2D eigenvalue weighted by molar-refractivity contribution is 0.111. The fourth-order valence-electron chi connectivity index (χ4n) is 2.03. The Labute approximate surface area is 103 Å². The molecule has 1 saturated heterocycles. The highest BCUT2D eigenvalue weighted by Gasteiger charge is 2.25. The monoisotopic (exact) mass is 254 g/mol. The van der Waals surface area contributed by atoms with Crippen LogP contribution in [0.4, 0.5) is 4.79 Å². The number of aromatic nitrogens is 1. The molecule has 0 aromatic carbocycles. The van der Waals surface area contributed by atoms with E-state index in [2.05, 4.69) is 4.98 Å². The number of carbonyl (C=O) groups excluding carboxylic acids is 1. The van der Waals surface area contributed by atoms with Crippen LogP contribution in [0.2, 0.25) is 0 Å². The summed E-state index contributed by atoms with van der Waals surface area (Å²) in [6, 6.07) is 0. The zero-order valence-corrected chi connectivity index (χ0v) is 10.4. The molecule has 0 atom stereocenters. The summed E-state index contributed by atoms with van der Waals surface area (Å²) in [6.45, 7) is 2.99. The smallest absolute Gasteiger partial charge is 0.407 e. The molecule has 2 heterocycles. The number of carbonyl (C=O) groups is 2. The maximum atomic E-state index is 10.8. The van der Waals surface area contributed by atoms with Gasteiger partial charge < -0.3 is 10.0 Å². The minimum atomic E-state index is -0.854. The molecule has 1 fully saturated rings. The van der Waals surface area contributed by atoms with Gasteiger partial charge in [-0.3, -0.25) is 4.79 Å². The average molecular weight is 254 g/mol. The first-order chi connectivity index (χ1) is 8.11. The van der Waals surface area contributed by atoms with E-state index in [1.807, 2.05) is 6.92 Å². The molecule has 5 nitrogen and oxygen atoms in total. The minimum Gasteiger partial charge on any atom is -0.465 e. The van der Waals surface area contributed by atoms with Crippen molar-refractivity contribution < 1.29 is 14.7 Å². The number of hydrogen-bond donors (Lipinski definition) is 1. The first-order valence-corrected chi connectivity index (χ1v) is 6.34. The summed E-state index contributed by atoms with van der Waals surface area (Å²) in [7, 11) is 0. The molecule has 1 aromatic rings. The molecule has 6 heteroatoms. The second-order valence-corrected chi connectivity index (χ2v) is 5.39. The van der Waals surface area contributed by atoms with Gasteiger partial charge in [0.15, 0.2) is 6.29 Å². The Kier molecular flexibility index (Phi) is 3.42. The number of piperidine rings is 1. The minimum absolute atomic E-state index is 0.294. The number of aldehydes is 1. The van der Waals surface area contributed by atoms with Gasteiger partial charge in [-0.15, -0.1) is 11.3 Å². The number of aryl methyl sites for hydroxylation is 1. The predicted octanol–water partition coefficient (Wildman–Crippen LogP) is 2.12. The molecular formula is C11H14N2O3S. The summed E-state index contributed by atoms with van der Waals surface area (Å²) >= 11 is 1.55. The third kappa shape index (κ3) is 2.46. The van der Waals surface area contributed by atoms with Crippen molar-refractivity contribution >= 4 is 23.7 Å². The molecule has 0 unspecified atom stereocenters. The predicted molar refractivity (Wildman–Crippen MR) is 63.8 cm³/mol. The van der Waals surface area contributed by atoms with Crippen LogP contribution in [-0.2, 0) is 0 Å². The summed E-state index contributed by atoms with van der Waals surface area (Å²) in [5.41, 5.74) is 0.519. The van der Waals surface area contributed by atoms with Gasteiger partial charge in [0.05, 0.1) is 5.01 Å². The van der Waals surface area contributed by atoms with Gasteiger partial charge in [-0.2, -0.15) is 0 Å². The summed E-state index contributed by atoms with van der Waals surface area (Å²) < 4.78 is 0. The normalized spacial score (nSPS) is 17.1. The van der Waals surface area contributed by atoms with Crippen LogP contribution in [0, 0.1) is 6.92 Å². The van der Waals surface area contributed by atoms with Crippen LogP contribution in [0.5, 0.6) is 0 Å². The SMILES string of the molecule is Cc1sc(C2CCN(C(=O)O)CC2)nc1C=O. The Bertz CT molecular complexity index is 436. The van der Waals surface area contributed by atoms with Gasteiger partial charge in [0.2, 0.25) is 0 Å². The van der Waals surface area contributed by atoms with Crippen LogP contribution in [0.25, 0.3) is 0 Å². The van der Waals surface area contributed by atoms with E-state index in [0.29, 0.717) is 24.7 Å². The quantitative estimate of drug-likeness (QED) is 0.821. The van der Waals surface area contributed by atoms with Gasteiger partial charge in [0, 0.05) is 23.9 Å². The molecule has 1 aliphatic rings. The Balaban J connectivity index is 2.05. The van der Waals surface area contributed by atoms with Gasteiger partial charge >= 0.3 is 6.09 Å². The number of amides is 1. The zero-order chi connectivity index (χ0) is 12.4. The Morgan fingerprint density at radius 2 is 2.18 bits per heavy atom. The van der Waals surface area contributed by atoms with Gasteiger partial charge in [-0.05, 0) is 19.8 Å². The Hall–Kier alpha value is -1.43. The highest BCUT2D eigenvalue weighted by Crippen LogP contribution is 2.31. The molecular weight excluding hydrogens is 240 g/mol. The lowest BCUT2D eigenvalue weighted by Crippen LogP contribution is -2.36. The summed E-state index contributed by atoms with van der Waals surface area (Å²) in [5.74, 6) is 0.294. The number of hydrogen-bond acceptors (Lipinski definition) is 4. The van der Waals surface area contributed by atoms with E-state index in [9.17, 15) is 9.59 Å². The molecule has 2 rings (SSSR count). The molecule has 0 saturated carbocycles. The zero-order valence-electron chi connectivity index (χ0n) is 9.55. The second-order valence-electron chi connectivity index (χ2n) is 4.16. The van der Waals surface area contributed by atoms with Crippen molar-refractivity contribution in [1.82, 2.24) is 9.88 Å². The molecule has 92 valence electrons. The van der Waals surface area contributed by atoms with Crippen molar-refractivity contribution in [2.24, 2.45) is 0 Å². The highest BCUT2D eigenvalue weighted by atomic mass is 32.1. The molecule has 1 aromatic heterocycles. The molecule has 1 N–H and O–H groups in total. The summed E-state index contributed by atoms with van der Waals surface area (Å²) in [4.78, 5) is 28.2. The Morgan fingerprint density at radius 3 is 2.65 bits per heavy atom. The summed E-state index contributed by atoms with van der Waals surface area (Å²) in [6.07, 6.45) is 1.50. The van der Waals surface area contributed by atoms with Gasteiger partial charge in [-0.1, -0.05) is 0 Å². The lowest BCUT2D eigenvalue weighted by atomic mass is 9.98. The first-order valence-electron chi connectivity index (χ1n) is 5.52. The number of thiazole rings is 1. The van der Waals surface area contributed by atoms with E-state index >= 15 is 0 Å². The summed E-state index contributed by atoms with van der Waals surface area (Å²) in [5, 5.41) is 9.82. The van der Waals surface area contributed by atoms with Crippen molar-refractivity contribution in [1.29, 1.82) is 0 Å². The first kappa shape index (κ1) is 12.0. The van der Waals surface area contributed by atoms with Gasteiger partial charge in [-0.25, -0.2) is 9.78 Å². The van der Waals surface area contributed by atoms with E-state index < -0.39 is 6.09 Å². The standard InChI is InChI=1S/C11H14N2O3S/c1-7-9(6-14)12-10(17-7)8-2-4-13(5-3-8)11(15)16/h6,8H,2-5H2,1H3,(H,15,16). The number of carboxylic acid groups (broad SMARTS) is 1. The molecule has 0 aliphatic carbocycles. The van der Waals surface area contributed by atoms with Gasteiger partial charge in [0.1, 0.15) is 5.69 Å². The van der Waals surface area contributed by atoms with Crippen LogP contribution >= 0.6 is 11.3 Å². The van der Waals surface area contributed by atoms with Crippen molar-refractivity contribution in [3.8, 4) is 0 Å². The third-order valence-corrected chi connectivity index (χ3v) is 4.22. The maximum absolute atomic E-state index is 10.8. The maximum Gasteiger partial charge on any atom is 0.407 e. The topological polar surface area (TPSA) is 70.5 Å². The molecule has 0 radical (unpaired) electrons. The van der Waals surface area contributed by atoms with Crippen LogP contribution in [-0.4, -0.2) is 40.5 Å². The molecule has 0 bridgehead atoms. The largest absolute Gasteiger partial charge is 0.465 e. The van der Waals surface area contributed by atoms with Crippen molar-refractivity contribution in [3.05, 3.63) is 15.6 Å². The molecule has 17 heavy (non-hydrogen) atoms. The van der Waals surface area contributed by atoms with Crippen LogP contribution in [0.3, 0.4) is 0 Å². The van der Waals surface area contributed by atoms with E-state index in [1.54, 1.807) is 11.3 Å². The highest BCUT2D eigenvalue weighted by molar-refractivity contribution is 7.11. The average Bonchev–Trinajstić information content (AvgIpc) is 2.70. The third-order valence-electron chi connectivity index (χ3n) is 3.08. The molecule has 1 aliphatic heterocycles. The van der Waals surface area contributed by atoms with Crippen LogP contribution in [0.1, 0.15) is 39.1 Å². The van der Waals surface area contributed by atoms with Crippen LogP contribution < -0.4 is 0 Å². The van der Waals surface area contributed by atoms with Crippen molar-refractivity contribution in [2.45, 2.75) is 25.7 Å². The number of likely N-dealkylation sites (tertiary alicyclic amines) is 1. The van der Waals surface area contributed by atoms with Gasteiger partial charge in [0.25, 0.3) is 0 Å². The van der Waals surface area contributed by atoms with E-state index in [-0.39, 0.29) is 0 Å². The lowest BCUT2D eigenvalue weighted by Gasteiger charge is -2.28. The molecule has 0 spiro atoms. The molecule has 1 amide bonds. The van der Waals surface area contributed by atoms with Crippen molar-refractivity contribution in [3.63, 3.8) is 0 Å². The van der Waals surface area contributed by atoms with E-state index in [1.165, 1.54) is 4.90 Å². The fraction of sp³-hybridized carbons (Fsp3) is 0.545. The number of nitrogens with zero attached hydrogens (tertiary/aromatic N) is 2. The van der Waals surface area contributed by atoms with E-state index in [4.69, 9.17) is 5.11 Å². The second kappa shape index (κ2) is 4.83.